The van der Waals surface area contributed by atoms with Crippen molar-refractivity contribution in [1.82, 2.24) is 19.6 Å². The number of hydrogen-bond acceptors (Lipinski definition) is 3. The van der Waals surface area contributed by atoms with Crippen LogP contribution in [-0.4, -0.2) is 44.6 Å². The van der Waals surface area contributed by atoms with Crippen molar-refractivity contribution in [3.63, 3.8) is 0 Å². The third kappa shape index (κ3) is 4.74. The normalized spacial score (nSPS) is 13.9. The van der Waals surface area contributed by atoms with Crippen LogP contribution in [0.1, 0.15) is 54.5 Å². The summed E-state index contributed by atoms with van der Waals surface area (Å²) in [4.78, 5) is 17.7. The quantitative estimate of drug-likeness (QED) is 0.487. The summed E-state index contributed by atoms with van der Waals surface area (Å²) in [6.07, 6.45) is 2.06. The molecule has 0 radical (unpaired) electrons. The van der Waals surface area contributed by atoms with Gasteiger partial charge in [-0.2, -0.15) is 5.10 Å². The van der Waals surface area contributed by atoms with Crippen molar-refractivity contribution < 1.29 is 4.79 Å². The van der Waals surface area contributed by atoms with E-state index in [1.165, 1.54) is 11.3 Å². The molecule has 1 aliphatic heterocycles. The molecule has 0 aliphatic carbocycles. The zero-order valence-electron chi connectivity index (χ0n) is 19.1. The van der Waals surface area contributed by atoms with Crippen LogP contribution in [0.3, 0.4) is 0 Å². The number of fused-ring (bicyclic) bond motifs is 1. The minimum absolute atomic E-state index is 0.0351. The maximum Gasteiger partial charge on any atom is 0.254 e. The lowest BCUT2D eigenvalue weighted by Crippen LogP contribution is -2.37. The first kappa shape index (κ1) is 22.6. The Bertz CT molecular complexity index is 1080. The van der Waals surface area contributed by atoms with Crippen LogP contribution in [-0.2, 0) is 19.5 Å². The van der Waals surface area contributed by atoms with E-state index in [0.717, 1.165) is 43.9 Å². The summed E-state index contributed by atoms with van der Waals surface area (Å²) in [7, 11) is 0. The lowest BCUT2D eigenvalue weighted by molar-refractivity contribution is 0.0686. The van der Waals surface area contributed by atoms with Gasteiger partial charge in [-0.05, 0) is 57.1 Å². The van der Waals surface area contributed by atoms with Gasteiger partial charge in [0.25, 0.3) is 5.91 Å². The highest BCUT2D eigenvalue weighted by atomic mass is 35.5. The first-order chi connectivity index (χ1) is 15.5. The van der Waals surface area contributed by atoms with Gasteiger partial charge < -0.3 is 4.90 Å². The van der Waals surface area contributed by atoms with Crippen LogP contribution in [0, 0.1) is 0 Å². The Morgan fingerprint density at radius 3 is 2.62 bits per heavy atom. The van der Waals surface area contributed by atoms with E-state index in [4.69, 9.17) is 16.7 Å². The number of carbonyl (C=O) groups is 1. The fourth-order valence-corrected chi connectivity index (χ4v) is 4.58. The van der Waals surface area contributed by atoms with Crippen molar-refractivity contribution in [3.05, 3.63) is 82.1 Å². The SMILES string of the molecule is CCCN1CCc2c(c(CN(C(=O)c3ccccc3)C(C)C)nn2-c2cccc(Cl)c2)C1. The molecule has 2 aromatic carbocycles. The topological polar surface area (TPSA) is 41.4 Å². The number of halogens is 1. The standard InChI is InChI=1S/C26H31ClN4O/c1-4-14-29-15-13-25-23(17-29)24(28-31(25)22-12-8-11-21(27)16-22)18-30(19(2)3)26(32)20-9-6-5-7-10-20/h5-12,16,19H,4,13-15,17-18H2,1-3H3. The molecule has 0 fully saturated rings. The van der Waals surface area contributed by atoms with Crippen LogP contribution in [0.2, 0.25) is 5.02 Å². The van der Waals surface area contributed by atoms with Crippen LogP contribution in [0.15, 0.2) is 54.6 Å². The van der Waals surface area contributed by atoms with Gasteiger partial charge >= 0.3 is 0 Å². The summed E-state index contributed by atoms with van der Waals surface area (Å²) in [6, 6.07) is 17.4. The zero-order valence-corrected chi connectivity index (χ0v) is 19.8. The summed E-state index contributed by atoms with van der Waals surface area (Å²) < 4.78 is 2.03. The van der Waals surface area contributed by atoms with Crippen molar-refractivity contribution in [2.75, 3.05) is 13.1 Å². The highest BCUT2D eigenvalue weighted by molar-refractivity contribution is 6.30. The smallest absolute Gasteiger partial charge is 0.254 e. The van der Waals surface area contributed by atoms with Crippen molar-refractivity contribution in [2.24, 2.45) is 0 Å². The predicted octanol–water partition coefficient (Wildman–Crippen LogP) is 5.34. The Morgan fingerprint density at radius 2 is 1.94 bits per heavy atom. The van der Waals surface area contributed by atoms with Gasteiger partial charge in [0.2, 0.25) is 0 Å². The Balaban J connectivity index is 1.73. The van der Waals surface area contributed by atoms with Gasteiger partial charge in [-0.3, -0.25) is 9.69 Å². The summed E-state index contributed by atoms with van der Waals surface area (Å²) in [6.45, 7) is 9.77. The first-order valence-corrected chi connectivity index (χ1v) is 11.8. The molecule has 1 aliphatic rings. The van der Waals surface area contributed by atoms with E-state index in [9.17, 15) is 4.79 Å². The average Bonchev–Trinajstić information content (AvgIpc) is 3.15. The van der Waals surface area contributed by atoms with Gasteiger partial charge in [0.15, 0.2) is 0 Å². The molecule has 6 heteroatoms. The van der Waals surface area contributed by atoms with Crippen molar-refractivity contribution in [1.29, 1.82) is 0 Å². The van der Waals surface area contributed by atoms with E-state index < -0.39 is 0 Å². The molecule has 5 nitrogen and oxygen atoms in total. The molecule has 0 unspecified atom stereocenters. The first-order valence-electron chi connectivity index (χ1n) is 11.4. The number of benzene rings is 2. The second-order valence-electron chi connectivity index (χ2n) is 8.68. The fourth-order valence-electron chi connectivity index (χ4n) is 4.39. The fraction of sp³-hybridized carbons (Fsp3) is 0.385. The molecule has 4 rings (SSSR count). The molecule has 0 bridgehead atoms. The zero-order chi connectivity index (χ0) is 22.7. The summed E-state index contributed by atoms with van der Waals surface area (Å²) in [5, 5.41) is 5.73. The lowest BCUT2D eigenvalue weighted by atomic mass is 10.0. The molecule has 1 amide bonds. The highest BCUT2D eigenvalue weighted by Crippen LogP contribution is 2.28. The van der Waals surface area contributed by atoms with Crippen LogP contribution in [0.25, 0.3) is 5.69 Å². The van der Waals surface area contributed by atoms with Gasteiger partial charge in [-0.25, -0.2) is 4.68 Å². The molecule has 0 atom stereocenters. The molecule has 2 heterocycles. The molecule has 3 aromatic rings. The van der Waals surface area contributed by atoms with Crippen molar-refractivity contribution in [3.8, 4) is 5.69 Å². The van der Waals surface area contributed by atoms with Gasteiger partial charge in [-0.15, -0.1) is 0 Å². The summed E-state index contributed by atoms with van der Waals surface area (Å²) in [5.41, 5.74) is 5.12. The van der Waals surface area contributed by atoms with E-state index in [1.807, 2.05) is 64.2 Å². The number of rotatable bonds is 7. The van der Waals surface area contributed by atoms with E-state index in [-0.39, 0.29) is 11.9 Å². The minimum Gasteiger partial charge on any atom is -0.330 e. The highest BCUT2D eigenvalue weighted by Gasteiger charge is 2.28. The molecular weight excluding hydrogens is 420 g/mol. The second kappa shape index (κ2) is 9.88. The predicted molar refractivity (Wildman–Crippen MR) is 129 cm³/mol. The van der Waals surface area contributed by atoms with Gasteiger partial charge in [0.05, 0.1) is 23.6 Å². The molecule has 0 N–H and O–H groups in total. The molecule has 0 spiro atoms. The largest absolute Gasteiger partial charge is 0.330 e. The van der Waals surface area contributed by atoms with Crippen LogP contribution >= 0.6 is 11.6 Å². The third-order valence-corrected chi connectivity index (χ3v) is 6.27. The van der Waals surface area contributed by atoms with Gasteiger partial charge in [0, 0.05) is 41.7 Å². The van der Waals surface area contributed by atoms with E-state index in [0.29, 0.717) is 17.1 Å². The molecular formula is C26H31ClN4O. The molecule has 1 aromatic heterocycles. The number of amides is 1. The van der Waals surface area contributed by atoms with Gasteiger partial charge in [0.1, 0.15) is 0 Å². The number of nitrogens with zero attached hydrogens (tertiary/aromatic N) is 4. The number of aromatic nitrogens is 2. The van der Waals surface area contributed by atoms with Gasteiger partial charge in [-0.1, -0.05) is 42.8 Å². The van der Waals surface area contributed by atoms with E-state index in [2.05, 4.69) is 25.7 Å². The Labute approximate surface area is 195 Å². The second-order valence-corrected chi connectivity index (χ2v) is 9.12. The van der Waals surface area contributed by atoms with E-state index in [1.54, 1.807) is 0 Å². The third-order valence-electron chi connectivity index (χ3n) is 6.04. The van der Waals surface area contributed by atoms with Crippen molar-refractivity contribution >= 4 is 17.5 Å². The molecule has 0 saturated heterocycles. The van der Waals surface area contributed by atoms with Crippen molar-refractivity contribution in [2.45, 2.75) is 52.7 Å². The Morgan fingerprint density at radius 1 is 1.16 bits per heavy atom. The lowest BCUT2D eigenvalue weighted by Gasteiger charge is -2.29. The Kier molecular flexibility index (Phi) is 6.97. The number of carbonyl (C=O) groups excluding carboxylic acids is 1. The van der Waals surface area contributed by atoms with Crippen LogP contribution in [0.4, 0.5) is 0 Å². The summed E-state index contributed by atoms with van der Waals surface area (Å²) >= 11 is 6.28. The molecule has 168 valence electrons. The van der Waals surface area contributed by atoms with E-state index >= 15 is 0 Å². The maximum atomic E-state index is 13.3. The molecule has 0 saturated carbocycles. The van der Waals surface area contributed by atoms with Crippen LogP contribution < -0.4 is 0 Å². The monoisotopic (exact) mass is 450 g/mol. The maximum absolute atomic E-state index is 13.3. The average molecular weight is 451 g/mol. The Hall–Kier alpha value is -2.63. The molecule has 32 heavy (non-hydrogen) atoms. The summed E-state index contributed by atoms with van der Waals surface area (Å²) in [5.74, 6) is 0.0351. The minimum atomic E-state index is 0.0351. The number of hydrogen-bond donors (Lipinski definition) is 0. The van der Waals surface area contributed by atoms with Crippen LogP contribution in [0.5, 0.6) is 0 Å².